The molecule has 0 aliphatic rings. The number of nitrogens with zero attached hydrogens (tertiary/aromatic N) is 2. The molecule has 0 saturated heterocycles. The molecule has 0 radical (unpaired) electrons. The van der Waals surface area contributed by atoms with E-state index < -0.39 is 5.60 Å². The monoisotopic (exact) mass is 460 g/mol. The molecule has 7 heteroatoms. The first-order chi connectivity index (χ1) is 11.0. The molecule has 1 atom stereocenters. The van der Waals surface area contributed by atoms with Crippen molar-refractivity contribution in [1.29, 1.82) is 0 Å². The predicted octanol–water partition coefficient (Wildman–Crippen LogP) is 3.03. The summed E-state index contributed by atoms with van der Waals surface area (Å²) in [5.74, 6) is 0.674. The molecule has 0 bridgehead atoms. The number of aliphatic imine (C=N–C) groups is 1. The highest BCUT2D eigenvalue weighted by Crippen LogP contribution is 2.21. The lowest BCUT2D eigenvalue weighted by Crippen LogP contribution is -2.44. The molecule has 0 aliphatic heterocycles. The number of aromatic nitrogens is 1. The minimum atomic E-state index is -0.933. The average molecular weight is 460 g/mol. The molecule has 24 heavy (non-hydrogen) atoms. The van der Waals surface area contributed by atoms with Gasteiger partial charge in [0.15, 0.2) is 5.96 Å². The molecule has 5 nitrogen and oxygen atoms in total. The molecule has 0 aromatic carbocycles. The van der Waals surface area contributed by atoms with Crippen LogP contribution in [0.4, 0.5) is 0 Å². The normalized spacial score (nSPS) is 13.8. The molecule has 2 heterocycles. The van der Waals surface area contributed by atoms with Crippen molar-refractivity contribution in [2.45, 2.75) is 32.9 Å². The number of rotatable bonds is 6. The van der Waals surface area contributed by atoms with Crippen LogP contribution in [0.25, 0.3) is 0 Å². The van der Waals surface area contributed by atoms with Crippen LogP contribution in [-0.4, -0.2) is 29.1 Å². The molecule has 0 spiro atoms. The summed E-state index contributed by atoms with van der Waals surface area (Å²) in [6.45, 7) is 7.49. The zero-order chi connectivity index (χ0) is 16.7. The van der Waals surface area contributed by atoms with Crippen molar-refractivity contribution in [3.8, 4) is 0 Å². The molecule has 0 fully saturated rings. The van der Waals surface area contributed by atoms with E-state index in [1.807, 2.05) is 42.8 Å². The summed E-state index contributed by atoms with van der Waals surface area (Å²) < 4.78 is 0. The summed E-state index contributed by atoms with van der Waals surface area (Å²) in [5, 5.41) is 20.9. The number of hydrogen-bond acceptors (Lipinski definition) is 4. The van der Waals surface area contributed by atoms with Gasteiger partial charge in [-0.05, 0) is 54.8 Å². The predicted molar refractivity (Wildman–Crippen MR) is 111 cm³/mol. The van der Waals surface area contributed by atoms with Crippen LogP contribution < -0.4 is 10.6 Å². The fraction of sp³-hybridized carbons (Fsp3) is 0.412. The maximum atomic E-state index is 10.6. The van der Waals surface area contributed by atoms with Crippen LogP contribution in [0.15, 0.2) is 40.1 Å². The van der Waals surface area contributed by atoms with E-state index in [-0.39, 0.29) is 24.0 Å². The highest BCUT2D eigenvalue weighted by atomic mass is 127. The summed E-state index contributed by atoms with van der Waals surface area (Å²) in [5.41, 5.74) is 2.05. The number of aryl methyl sites for hydroxylation is 1. The quantitative estimate of drug-likeness (QED) is 0.352. The first kappa shape index (κ1) is 20.9. The maximum absolute atomic E-state index is 10.6. The lowest BCUT2D eigenvalue weighted by molar-refractivity contribution is 0.0621. The van der Waals surface area contributed by atoms with Crippen molar-refractivity contribution in [3.63, 3.8) is 0 Å². The molecule has 2 aromatic rings. The minimum absolute atomic E-state index is 0. The van der Waals surface area contributed by atoms with E-state index in [1.165, 1.54) is 0 Å². The zero-order valence-corrected chi connectivity index (χ0v) is 17.4. The van der Waals surface area contributed by atoms with Crippen molar-refractivity contribution in [3.05, 3.63) is 52.0 Å². The first-order valence-electron chi connectivity index (χ1n) is 7.70. The van der Waals surface area contributed by atoms with E-state index in [9.17, 15) is 5.11 Å². The van der Waals surface area contributed by atoms with Crippen LogP contribution in [0, 0.1) is 6.92 Å². The Morgan fingerprint density at radius 3 is 2.79 bits per heavy atom. The van der Waals surface area contributed by atoms with Gasteiger partial charge in [0.2, 0.25) is 0 Å². The molecule has 3 N–H and O–H groups in total. The van der Waals surface area contributed by atoms with E-state index in [1.54, 1.807) is 24.5 Å². The van der Waals surface area contributed by atoms with Gasteiger partial charge in [-0.3, -0.25) is 4.98 Å². The van der Waals surface area contributed by atoms with E-state index in [4.69, 9.17) is 0 Å². The number of aliphatic hydroxyl groups is 1. The van der Waals surface area contributed by atoms with Crippen LogP contribution in [0.1, 0.15) is 30.7 Å². The molecular formula is C17H25IN4OS. The SMILES string of the molecule is CCNC(=NCc1ncccc1C)NCC(C)(O)c1ccsc1.I. The first-order valence-corrected chi connectivity index (χ1v) is 8.65. The smallest absolute Gasteiger partial charge is 0.191 e. The lowest BCUT2D eigenvalue weighted by Gasteiger charge is -2.24. The molecule has 2 aromatic heterocycles. The van der Waals surface area contributed by atoms with Crippen LogP contribution in [0.2, 0.25) is 0 Å². The summed E-state index contributed by atoms with van der Waals surface area (Å²) in [7, 11) is 0. The number of pyridine rings is 1. The molecule has 0 aliphatic carbocycles. The topological polar surface area (TPSA) is 69.5 Å². The van der Waals surface area contributed by atoms with Gasteiger partial charge in [-0.15, -0.1) is 24.0 Å². The van der Waals surface area contributed by atoms with Crippen LogP contribution in [0.5, 0.6) is 0 Å². The summed E-state index contributed by atoms with van der Waals surface area (Å²) >= 11 is 1.58. The van der Waals surface area contributed by atoms with Gasteiger partial charge in [-0.1, -0.05) is 6.07 Å². The second kappa shape index (κ2) is 9.95. The highest BCUT2D eigenvalue weighted by molar-refractivity contribution is 14.0. The standard InChI is InChI=1S/C17H24N4OS.HI/c1-4-18-16(20-10-15-13(2)6-5-8-19-15)21-12-17(3,22)14-7-9-23-11-14;/h5-9,11,22H,4,10,12H2,1-3H3,(H2,18,20,21);1H. The Hall–Kier alpha value is -1.19. The molecule has 132 valence electrons. The highest BCUT2D eigenvalue weighted by Gasteiger charge is 2.23. The average Bonchev–Trinajstić information content (AvgIpc) is 3.07. The van der Waals surface area contributed by atoms with E-state index >= 15 is 0 Å². The van der Waals surface area contributed by atoms with Crippen LogP contribution in [-0.2, 0) is 12.1 Å². The van der Waals surface area contributed by atoms with Gasteiger partial charge in [0.1, 0.15) is 5.60 Å². The van der Waals surface area contributed by atoms with Crippen molar-refractivity contribution >= 4 is 41.3 Å². The third-order valence-electron chi connectivity index (χ3n) is 3.59. The van der Waals surface area contributed by atoms with Gasteiger partial charge in [0, 0.05) is 12.7 Å². The third-order valence-corrected chi connectivity index (χ3v) is 4.28. The summed E-state index contributed by atoms with van der Waals surface area (Å²) in [6.07, 6.45) is 1.78. The largest absolute Gasteiger partial charge is 0.384 e. The lowest BCUT2D eigenvalue weighted by atomic mass is 9.99. The van der Waals surface area contributed by atoms with Crippen molar-refractivity contribution in [1.82, 2.24) is 15.6 Å². The van der Waals surface area contributed by atoms with Gasteiger partial charge in [0.25, 0.3) is 0 Å². The van der Waals surface area contributed by atoms with Crippen molar-refractivity contribution < 1.29 is 5.11 Å². The minimum Gasteiger partial charge on any atom is -0.384 e. The number of nitrogens with one attached hydrogen (secondary N) is 2. The van der Waals surface area contributed by atoms with Gasteiger partial charge >= 0.3 is 0 Å². The zero-order valence-electron chi connectivity index (χ0n) is 14.2. The van der Waals surface area contributed by atoms with Gasteiger partial charge in [-0.2, -0.15) is 11.3 Å². The van der Waals surface area contributed by atoms with Crippen molar-refractivity contribution in [2.75, 3.05) is 13.1 Å². The summed E-state index contributed by atoms with van der Waals surface area (Å²) in [4.78, 5) is 8.90. The number of guanidine groups is 1. The fourth-order valence-corrected chi connectivity index (χ4v) is 2.89. The van der Waals surface area contributed by atoms with E-state index in [2.05, 4.69) is 20.6 Å². The molecule has 0 saturated carbocycles. The molecular weight excluding hydrogens is 435 g/mol. The van der Waals surface area contributed by atoms with Crippen molar-refractivity contribution in [2.24, 2.45) is 4.99 Å². The Bertz CT molecular complexity index is 644. The van der Waals surface area contributed by atoms with Crippen LogP contribution in [0.3, 0.4) is 0 Å². The van der Waals surface area contributed by atoms with Gasteiger partial charge < -0.3 is 15.7 Å². The van der Waals surface area contributed by atoms with E-state index in [0.717, 1.165) is 23.4 Å². The Kier molecular flexibility index (Phi) is 8.65. The van der Waals surface area contributed by atoms with Gasteiger partial charge in [0.05, 0.1) is 18.8 Å². The Labute approximate surface area is 164 Å². The fourth-order valence-electron chi connectivity index (χ4n) is 2.11. The second-order valence-electron chi connectivity index (χ2n) is 5.60. The Morgan fingerprint density at radius 1 is 1.38 bits per heavy atom. The second-order valence-corrected chi connectivity index (χ2v) is 6.38. The van der Waals surface area contributed by atoms with Crippen LogP contribution >= 0.6 is 35.3 Å². The van der Waals surface area contributed by atoms with Gasteiger partial charge in [-0.25, -0.2) is 4.99 Å². The number of hydrogen-bond donors (Lipinski definition) is 3. The third kappa shape index (κ3) is 6.03. The summed E-state index contributed by atoms with van der Waals surface area (Å²) in [6, 6.07) is 5.89. The molecule has 1 unspecified atom stereocenters. The number of halogens is 1. The number of thiophene rings is 1. The molecule has 2 rings (SSSR count). The molecule has 0 amide bonds. The maximum Gasteiger partial charge on any atom is 0.191 e. The Morgan fingerprint density at radius 2 is 2.17 bits per heavy atom. The Balaban J connectivity index is 0.00000288. The van der Waals surface area contributed by atoms with E-state index in [0.29, 0.717) is 19.0 Å².